The molecule has 0 aliphatic carbocycles. The van der Waals surface area contributed by atoms with Crippen LogP contribution in [-0.2, 0) is 9.59 Å². The van der Waals surface area contributed by atoms with Gasteiger partial charge in [0.05, 0.1) is 0 Å². The van der Waals surface area contributed by atoms with Crippen LogP contribution in [0.2, 0.25) is 0 Å². The summed E-state index contributed by atoms with van der Waals surface area (Å²) in [6, 6.07) is 4.19. The summed E-state index contributed by atoms with van der Waals surface area (Å²) in [5.41, 5.74) is 0.748. The van der Waals surface area contributed by atoms with E-state index in [1.807, 2.05) is 0 Å². The van der Waals surface area contributed by atoms with Crippen molar-refractivity contribution in [2.24, 2.45) is 0 Å². The highest BCUT2D eigenvalue weighted by molar-refractivity contribution is 6.05. The lowest BCUT2D eigenvalue weighted by atomic mass is 10.1. The van der Waals surface area contributed by atoms with E-state index in [2.05, 4.69) is 0 Å². The van der Waals surface area contributed by atoms with Gasteiger partial charge in [-0.15, -0.1) is 0 Å². The molecule has 0 unspecified atom stereocenters. The topological polar surface area (TPSA) is 81.1 Å². The molecule has 1 aromatic carbocycles. The monoisotopic (exact) mass is 262 g/mol. The van der Waals surface area contributed by atoms with Crippen molar-refractivity contribution >= 4 is 17.9 Å². The quantitative estimate of drug-likeness (QED) is 0.566. The third-order valence-electron chi connectivity index (χ3n) is 2.98. The Kier molecular flexibility index (Phi) is 3.16. The molecule has 0 spiro atoms. The summed E-state index contributed by atoms with van der Waals surface area (Å²) in [5, 5.41) is 18.6. The van der Waals surface area contributed by atoms with Crippen LogP contribution < -0.4 is 0 Å². The maximum atomic E-state index is 12.0. The summed E-state index contributed by atoms with van der Waals surface area (Å²) < 4.78 is 0. The van der Waals surface area contributed by atoms with Gasteiger partial charge in [-0.2, -0.15) is 0 Å². The first-order valence-electron chi connectivity index (χ1n) is 5.66. The first kappa shape index (κ1) is 12.9. The summed E-state index contributed by atoms with van der Waals surface area (Å²) in [6.07, 6.45) is 1.50. The minimum absolute atomic E-state index is 0.0491. The van der Waals surface area contributed by atoms with Crippen molar-refractivity contribution in [3.8, 4) is 11.5 Å². The molecule has 2 amide bonds. The minimum atomic E-state index is -0.278. The van der Waals surface area contributed by atoms with E-state index in [-0.39, 0.29) is 35.6 Å². The molecule has 0 saturated carbocycles. The zero-order valence-corrected chi connectivity index (χ0v) is 10.6. The van der Waals surface area contributed by atoms with Crippen molar-refractivity contribution in [1.82, 2.24) is 9.80 Å². The number of phenols is 2. The van der Waals surface area contributed by atoms with Crippen molar-refractivity contribution in [2.75, 3.05) is 20.6 Å². The molecular formula is C13H14N2O4. The minimum Gasteiger partial charge on any atom is -0.504 e. The van der Waals surface area contributed by atoms with Crippen LogP contribution in [-0.4, -0.2) is 52.5 Å². The van der Waals surface area contributed by atoms with Gasteiger partial charge in [0, 0.05) is 14.1 Å². The van der Waals surface area contributed by atoms with Crippen LogP contribution in [0.5, 0.6) is 11.5 Å². The number of nitrogens with zero attached hydrogens (tertiary/aromatic N) is 2. The van der Waals surface area contributed by atoms with Gasteiger partial charge in [0.25, 0.3) is 5.91 Å². The number of carbonyl (C=O) groups excluding carboxylic acids is 2. The van der Waals surface area contributed by atoms with E-state index < -0.39 is 0 Å². The molecule has 1 heterocycles. The molecule has 1 fully saturated rings. The number of aromatic hydroxyl groups is 2. The second-order valence-electron chi connectivity index (χ2n) is 4.39. The van der Waals surface area contributed by atoms with E-state index in [4.69, 9.17) is 0 Å². The van der Waals surface area contributed by atoms with Crippen LogP contribution in [0.3, 0.4) is 0 Å². The first-order chi connectivity index (χ1) is 8.90. The molecule has 19 heavy (non-hydrogen) atoms. The van der Waals surface area contributed by atoms with Gasteiger partial charge < -0.3 is 20.0 Å². The third kappa shape index (κ3) is 2.37. The largest absolute Gasteiger partial charge is 0.504 e. The van der Waals surface area contributed by atoms with Gasteiger partial charge in [0.1, 0.15) is 12.2 Å². The molecule has 2 rings (SSSR count). The number of likely N-dealkylation sites (N-methyl/N-ethyl adjacent to an activating group) is 2. The van der Waals surface area contributed by atoms with Crippen LogP contribution in [0.25, 0.3) is 6.08 Å². The predicted octanol–water partition coefficient (Wildman–Crippen LogP) is 0.369. The highest BCUT2D eigenvalue weighted by Crippen LogP contribution is 2.26. The maximum Gasteiger partial charge on any atom is 0.270 e. The van der Waals surface area contributed by atoms with Gasteiger partial charge in [-0.05, 0) is 23.8 Å². The molecule has 1 aromatic rings. The van der Waals surface area contributed by atoms with Crippen LogP contribution >= 0.6 is 0 Å². The average Bonchev–Trinajstić information content (AvgIpc) is 2.36. The Labute approximate surface area is 110 Å². The number of piperazine rings is 1. The zero-order valence-electron chi connectivity index (χ0n) is 10.6. The number of rotatable bonds is 1. The molecule has 6 heteroatoms. The molecule has 100 valence electrons. The zero-order chi connectivity index (χ0) is 14.2. The molecule has 0 atom stereocenters. The number of carbonyl (C=O) groups is 2. The Morgan fingerprint density at radius 3 is 2.47 bits per heavy atom. The fourth-order valence-corrected chi connectivity index (χ4v) is 1.80. The number of hydrogen-bond donors (Lipinski definition) is 2. The Bertz CT molecular complexity index is 580. The van der Waals surface area contributed by atoms with E-state index in [0.717, 1.165) is 0 Å². The van der Waals surface area contributed by atoms with Gasteiger partial charge >= 0.3 is 0 Å². The highest BCUT2D eigenvalue weighted by Gasteiger charge is 2.30. The molecule has 2 N–H and O–H groups in total. The van der Waals surface area contributed by atoms with Crippen molar-refractivity contribution in [3.63, 3.8) is 0 Å². The van der Waals surface area contributed by atoms with Crippen LogP contribution in [0.15, 0.2) is 23.9 Å². The van der Waals surface area contributed by atoms with E-state index in [1.165, 1.54) is 35.1 Å². The smallest absolute Gasteiger partial charge is 0.270 e. The fraction of sp³-hybridized carbons (Fsp3) is 0.231. The fourth-order valence-electron chi connectivity index (χ4n) is 1.80. The van der Waals surface area contributed by atoms with E-state index >= 15 is 0 Å². The van der Waals surface area contributed by atoms with Crippen molar-refractivity contribution in [2.45, 2.75) is 0 Å². The summed E-state index contributed by atoms with van der Waals surface area (Å²) >= 11 is 0. The Hall–Kier alpha value is -2.50. The van der Waals surface area contributed by atoms with Crippen LogP contribution in [0.4, 0.5) is 0 Å². The van der Waals surface area contributed by atoms with Crippen molar-refractivity contribution in [3.05, 3.63) is 29.5 Å². The summed E-state index contributed by atoms with van der Waals surface area (Å²) in [5.74, 6) is -0.968. The molecular weight excluding hydrogens is 248 g/mol. The van der Waals surface area contributed by atoms with Gasteiger partial charge in [0.2, 0.25) is 5.91 Å². The van der Waals surface area contributed by atoms with Crippen LogP contribution in [0, 0.1) is 0 Å². The SMILES string of the molecule is CN1CC(=O)N(C)C(=Cc2ccc(O)c(O)c2)C1=O. The lowest BCUT2D eigenvalue weighted by Gasteiger charge is -2.31. The first-order valence-corrected chi connectivity index (χ1v) is 5.66. The summed E-state index contributed by atoms with van der Waals surface area (Å²) in [4.78, 5) is 26.3. The van der Waals surface area contributed by atoms with Crippen molar-refractivity contribution < 1.29 is 19.8 Å². The normalized spacial score (nSPS) is 18.3. The van der Waals surface area contributed by atoms with Gasteiger partial charge in [-0.3, -0.25) is 9.59 Å². The number of benzene rings is 1. The average molecular weight is 262 g/mol. The number of amides is 2. The number of phenolic OH excluding ortho intramolecular Hbond substituents is 2. The predicted molar refractivity (Wildman–Crippen MR) is 68.2 cm³/mol. The lowest BCUT2D eigenvalue weighted by Crippen LogP contribution is -2.48. The maximum absolute atomic E-state index is 12.0. The highest BCUT2D eigenvalue weighted by atomic mass is 16.3. The Morgan fingerprint density at radius 2 is 1.84 bits per heavy atom. The molecule has 0 aromatic heterocycles. The van der Waals surface area contributed by atoms with Crippen LogP contribution in [0.1, 0.15) is 5.56 Å². The van der Waals surface area contributed by atoms with Gasteiger partial charge in [-0.1, -0.05) is 6.07 Å². The second kappa shape index (κ2) is 4.64. The number of hydrogen-bond acceptors (Lipinski definition) is 4. The molecule has 6 nitrogen and oxygen atoms in total. The third-order valence-corrected chi connectivity index (χ3v) is 2.98. The van der Waals surface area contributed by atoms with Gasteiger partial charge in [-0.25, -0.2) is 0 Å². The van der Waals surface area contributed by atoms with E-state index in [1.54, 1.807) is 13.1 Å². The summed E-state index contributed by atoms with van der Waals surface area (Å²) in [7, 11) is 3.08. The molecule has 1 aliphatic heterocycles. The van der Waals surface area contributed by atoms with E-state index in [0.29, 0.717) is 5.56 Å². The molecule has 1 aliphatic rings. The molecule has 1 saturated heterocycles. The standard InChI is InChI=1S/C13H14N2O4/c1-14-7-12(18)15(2)9(13(14)19)5-8-3-4-10(16)11(17)6-8/h3-6,16-17H,7H2,1-2H3. The lowest BCUT2D eigenvalue weighted by molar-refractivity contribution is -0.142. The summed E-state index contributed by atoms with van der Waals surface area (Å²) in [6.45, 7) is 0.0491. The van der Waals surface area contributed by atoms with Crippen molar-refractivity contribution in [1.29, 1.82) is 0 Å². The Balaban J connectivity index is 2.42. The molecule has 0 radical (unpaired) electrons. The van der Waals surface area contributed by atoms with Gasteiger partial charge in [0.15, 0.2) is 11.5 Å². The van der Waals surface area contributed by atoms with E-state index in [9.17, 15) is 19.8 Å². The molecule has 0 bridgehead atoms. The Morgan fingerprint density at radius 1 is 1.16 bits per heavy atom. The second-order valence-corrected chi connectivity index (χ2v) is 4.39.